The van der Waals surface area contributed by atoms with E-state index in [0.29, 0.717) is 0 Å². The zero-order chi connectivity index (χ0) is 14.9. The van der Waals surface area contributed by atoms with Gasteiger partial charge in [-0.05, 0) is 24.6 Å². The van der Waals surface area contributed by atoms with E-state index in [1.165, 1.54) is 19.2 Å². The van der Waals surface area contributed by atoms with E-state index in [4.69, 9.17) is 17.3 Å². The number of nitrogens with two attached hydrogens (primary N) is 1. The fourth-order valence-electron chi connectivity index (χ4n) is 1.56. The third-order valence-electron chi connectivity index (χ3n) is 2.60. The molecule has 2 aromatic rings. The number of aromatic nitrogens is 1. The lowest BCUT2D eigenvalue weighted by atomic mass is 10.2. The van der Waals surface area contributed by atoms with Crippen LogP contribution in [-0.4, -0.2) is 10.9 Å². The molecule has 0 fully saturated rings. The second kappa shape index (κ2) is 5.42. The van der Waals surface area contributed by atoms with E-state index in [1.54, 1.807) is 0 Å². The molecule has 7 heteroatoms. The maximum absolute atomic E-state index is 13.6. The number of pyridine rings is 1. The molecule has 1 aromatic carbocycles. The minimum atomic E-state index is -0.745. The molecule has 1 heterocycles. The molecule has 3 N–H and O–H groups in total. The number of carbonyl (C=O) groups excluding carboxylic acids is 1. The maximum atomic E-state index is 13.6. The molecule has 2 rings (SSSR count). The van der Waals surface area contributed by atoms with Gasteiger partial charge in [-0.3, -0.25) is 4.79 Å². The molecule has 4 nitrogen and oxygen atoms in total. The first-order valence-corrected chi connectivity index (χ1v) is 5.94. The number of nitrogens with one attached hydrogen (secondary N) is 1. The third-order valence-corrected chi connectivity index (χ3v) is 2.90. The van der Waals surface area contributed by atoms with Gasteiger partial charge in [-0.1, -0.05) is 11.6 Å². The van der Waals surface area contributed by atoms with Crippen LogP contribution in [0.25, 0.3) is 0 Å². The molecule has 0 saturated heterocycles. The molecule has 0 spiro atoms. The van der Waals surface area contributed by atoms with Gasteiger partial charge >= 0.3 is 0 Å². The fourth-order valence-corrected chi connectivity index (χ4v) is 1.74. The SMILES string of the molecule is Cc1cc(F)c(NC(=O)c2cc(N)cnc2Cl)cc1F. The van der Waals surface area contributed by atoms with Gasteiger partial charge in [0, 0.05) is 6.07 Å². The van der Waals surface area contributed by atoms with Crippen molar-refractivity contribution in [1.82, 2.24) is 4.98 Å². The van der Waals surface area contributed by atoms with Crippen molar-refractivity contribution in [2.24, 2.45) is 0 Å². The van der Waals surface area contributed by atoms with Gasteiger partial charge in [-0.2, -0.15) is 0 Å². The van der Waals surface area contributed by atoms with Gasteiger partial charge < -0.3 is 11.1 Å². The first kappa shape index (κ1) is 14.2. The third kappa shape index (κ3) is 2.85. The van der Waals surface area contributed by atoms with Crippen molar-refractivity contribution in [3.8, 4) is 0 Å². The summed E-state index contributed by atoms with van der Waals surface area (Å²) in [5.74, 6) is -2.10. The molecule has 0 unspecified atom stereocenters. The Labute approximate surface area is 118 Å². The number of halogens is 3. The molecule has 0 bridgehead atoms. The quantitative estimate of drug-likeness (QED) is 0.837. The van der Waals surface area contributed by atoms with Crippen LogP contribution in [0.3, 0.4) is 0 Å². The number of benzene rings is 1. The number of nitrogens with zero attached hydrogens (tertiary/aromatic N) is 1. The van der Waals surface area contributed by atoms with Crippen LogP contribution in [0.5, 0.6) is 0 Å². The van der Waals surface area contributed by atoms with Crippen molar-refractivity contribution in [1.29, 1.82) is 0 Å². The Hall–Kier alpha value is -2.21. The lowest BCUT2D eigenvalue weighted by Crippen LogP contribution is -2.15. The monoisotopic (exact) mass is 297 g/mol. The Morgan fingerprint density at radius 3 is 2.70 bits per heavy atom. The van der Waals surface area contributed by atoms with Gasteiger partial charge in [0.1, 0.15) is 16.8 Å². The van der Waals surface area contributed by atoms with Crippen molar-refractivity contribution in [3.05, 3.63) is 52.3 Å². The average molecular weight is 298 g/mol. The molecule has 0 atom stereocenters. The summed E-state index contributed by atoms with van der Waals surface area (Å²) in [4.78, 5) is 15.7. The first-order valence-electron chi connectivity index (χ1n) is 5.56. The molecule has 20 heavy (non-hydrogen) atoms. The van der Waals surface area contributed by atoms with Gasteiger partial charge in [0.25, 0.3) is 5.91 Å². The summed E-state index contributed by atoms with van der Waals surface area (Å²) in [7, 11) is 0. The summed E-state index contributed by atoms with van der Waals surface area (Å²) >= 11 is 5.76. The molecule has 0 saturated carbocycles. The lowest BCUT2D eigenvalue weighted by molar-refractivity contribution is 0.102. The van der Waals surface area contributed by atoms with Gasteiger partial charge in [0.05, 0.1) is 23.1 Å². The maximum Gasteiger partial charge on any atom is 0.258 e. The molecule has 0 aliphatic carbocycles. The van der Waals surface area contributed by atoms with E-state index in [9.17, 15) is 13.6 Å². The molecule has 1 amide bonds. The van der Waals surface area contributed by atoms with E-state index in [1.807, 2.05) is 0 Å². The summed E-state index contributed by atoms with van der Waals surface area (Å²) in [6, 6.07) is 3.19. The van der Waals surface area contributed by atoms with Gasteiger partial charge in [-0.15, -0.1) is 0 Å². The van der Waals surface area contributed by atoms with Crippen LogP contribution in [0.15, 0.2) is 24.4 Å². The highest BCUT2D eigenvalue weighted by molar-refractivity contribution is 6.33. The highest BCUT2D eigenvalue weighted by Gasteiger charge is 2.15. The topological polar surface area (TPSA) is 68.0 Å². The molecular weight excluding hydrogens is 288 g/mol. The van der Waals surface area contributed by atoms with E-state index in [-0.39, 0.29) is 27.7 Å². The van der Waals surface area contributed by atoms with E-state index in [0.717, 1.165) is 12.1 Å². The Morgan fingerprint density at radius 2 is 2.00 bits per heavy atom. The van der Waals surface area contributed by atoms with E-state index in [2.05, 4.69) is 10.3 Å². The number of rotatable bonds is 2. The molecule has 0 aliphatic rings. The van der Waals surface area contributed by atoms with Crippen LogP contribution in [0.2, 0.25) is 5.15 Å². The minimum absolute atomic E-state index is 0.0213. The molecule has 1 aromatic heterocycles. The fraction of sp³-hybridized carbons (Fsp3) is 0.0769. The lowest BCUT2D eigenvalue weighted by Gasteiger charge is -2.09. The summed E-state index contributed by atoms with van der Waals surface area (Å²) in [6.45, 7) is 1.42. The number of hydrogen-bond donors (Lipinski definition) is 2. The smallest absolute Gasteiger partial charge is 0.258 e. The van der Waals surface area contributed by atoms with Crippen LogP contribution in [0.4, 0.5) is 20.2 Å². The number of anilines is 2. The van der Waals surface area contributed by atoms with Crippen molar-refractivity contribution in [2.75, 3.05) is 11.1 Å². The number of carbonyl (C=O) groups is 1. The zero-order valence-electron chi connectivity index (χ0n) is 10.4. The number of hydrogen-bond acceptors (Lipinski definition) is 3. The van der Waals surface area contributed by atoms with Crippen molar-refractivity contribution >= 4 is 28.9 Å². The van der Waals surface area contributed by atoms with Gasteiger partial charge in [0.15, 0.2) is 0 Å². The molecule has 104 valence electrons. The number of amides is 1. The van der Waals surface area contributed by atoms with Crippen molar-refractivity contribution < 1.29 is 13.6 Å². The van der Waals surface area contributed by atoms with Crippen LogP contribution in [0.1, 0.15) is 15.9 Å². The molecule has 0 aliphatic heterocycles. The molecule has 0 radical (unpaired) electrons. The summed E-state index contributed by atoms with van der Waals surface area (Å²) in [5, 5.41) is 2.15. The summed E-state index contributed by atoms with van der Waals surface area (Å²) in [6.07, 6.45) is 1.28. The summed E-state index contributed by atoms with van der Waals surface area (Å²) < 4.78 is 27.0. The highest BCUT2D eigenvalue weighted by Crippen LogP contribution is 2.21. The second-order valence-electron chi connectivity index (χ2n) is 4.14. The van der Waals surface area contributed by atoms with Gasteiger partial charge in [0.2, 0.25) is 0 Å². The predicted molar refractivity (Wildman–Crippen MR) is 72.7 cm³/mol. The Bertz CT molecular complexity index is 692. The summed E-state index contributed by atoms with van der Waals surface area (Å²) in [5.41, 5.74) is 5.57. The standard InChI is InChI=1S/C13H10ClF2N3O/c1-6-2-10(16)11(4-9(6)15)19-13(20)8-3-7(17)5-18-12(8)14/h2-5H,17H2,1H3,(H,19,20). The first-order chi connectivity index (χ1) is 9.38. The largest absolute Gasteiger partial charge is 0.397 e. The number of aryl methyl sites for hydroxylation is 1. The van der Waals surface area contributed by atoms with Crippen LogP contribution >= 0.6 is 11.6 Å². The van der Waals surface area contributed by atoms with E-state index < -0.39 is 17.5 Å². The Kier molecular flexibility index (Phi) is 3.85. The normalized spacial score (nSPS) is 10.4. The van der Waals surface area contributed by atoms with Gasteiger partial charge in [-0.25, -0.2) is 13.8 Å². The molecular formula is C13H10ClF2N3O. The Morgan fingerprint density at radius 1 is 1.30 bits per heavy atom. The van der Waals surface area contributed by atoms with Crippen LogP contribution in [0, 0.1) is 18.6 Å². The average Bonchev–Trinajstić information content (AvgIpc) is 2.38. The minimum Gasteiger partial charge on any atom is -0.397 e. The van der Waals surface area contributed by atoms with Crippen molar-refractivity contribution in [2.45, 2.75) is 6.92 Å². The Balaban J connectivity index is 2.32. The zero-order valence-corrected chi connectivity index (χ0v) is 11.1. The van der Waals surface area contributed by atoms with Crippen LogP contribution < -0.4 is 11.1 Å². The van der Waals surface area contributed by atoms with Crippen LogP contribution in [-0.2, 0) is 0 Å². The van der Waals surface area contributed by atoms with Crippen molar-refractivity contribution in [3.63, 3.8) is 0 Å². The predicted octanol–water partition coefficient (Wildman–Crippen LogP) is 3.16. The van der Waals surface area contributed by atoms with E-state index >= 15 is 0 Å². The highest BCUT2D eigenvalue weighted by atomic mass is 35.5. The second-order valence-corrected chi connectivity index (χ2v) is 4.50. The number of nitrogen functional groups attached to an aromatic ring is 1.